The van der Waals surface area contributed by atoms with Crippen LogP contribution in [0.15, 0.2) is 61.7 Å². The molecule has 2 heteroatoms. The molecule has 0 bridgehead atoms. The van der Waals surface area contributed by atoms with E-state index in [9.17, 15) is 4.79 Å². The number of ether oxygens (including phenoxy) is 1. The maximum atomic E-state index is 9.74. The highest BCUT2D eigenvalue weighted by Crippen LogP contribution is 2.33. The van der Waals surface area contributed by atoms with Crippen molar-refractivity contribution in [1.29, 1.82) is 0 Å². The molecule has 0 aliphatic carbocycles. The van der Waals surface area contributed by atoms with Gasteiger partial charge in [0.15, 0.2) is 0 Å². The normalized spacial score (nSPS) is 12.1. The van der Waals surface area contributed by atoms with Crippen LogP contribution in [0, 0.1) is 12.8 Å². The molecule has 0 aliphatic rings. The van der Waals surface area contributed by atoms with Crippen molar-refractivity contribution in [3.05, 3.63) is 89.5 Å². The zero-order chi connectivity index (χ0) is 22.7. The third-order valence-electron chi connectivity index (χ3n) is 5.19. The van der Waals surface area contributed by atoms with Gasteiger partial charge in [-0.25, -0.2) is 0 Å². The van der Waals surface area contributed by atoms with Crippen LogP contribution in [-0.2, 0) is 16.0 Å². The molecule has 0 spiro atoms. The van der Waals surface area contributed by atoms with E-state index in [1.165, 1.54) is 11.1 Å². The monoisotopic (exact) mass is 404 g/mol. The summed E-state index contributed by atoms with van der Waals surface area (Å²) in [5.41, 5.74) is 7.91. The van der Waals surface area contributed by atoms with Crippen LogP contribution in [0.25, 0.3) is 16.9 Å². The molecule has 2 nitrogen and oxygen atoms in total. The average molecular weight is 405 g/mol. The Morgan fingerprint density at radius 3 is 2.27 bits per heavy atom. The van der Waals surface area contributed by atoms with Crippen LogP contribution in [-0.4, -0.2) is 13.4 Å². The second-order valence-corrected chi connectivity index (χ2v) is 7.49. The summed E-state index contributed by atoms with van der Waals surface area (Å²) in [5, 5.41) is 0. The lowest BCUT2D eigenvalue weighted by Crippen LogP contribution is -1.99. The first-order valence-electron chi connectivity index (χ1n) is 10.6. The molecule has 2 rings (SSSR count). The molecule has 0 aromatic heterocycles. The van der Waals surface area contributed by atoms with Crippen LogP contribution < -0.4 is 0 Å². The van der Waals surface area contributed by atoms with E-state index in [1.54, 1.807) is 7.11 Å². The molecule has 0 saturated heterocycles. The van der Waals surface area contributed by atoms with Gasteiger partial charge in [-0.05, 0) is 55.0 Å². The molecular weight excluding hydrogens is 368 g/mol. The predicted octanol–water partition coefficient (Wildman–Crippen LogP) is 7.52. The predicted molar refractivity (Wildman–Crippen MR) is 131 cm³/mol. The summed E-state index contributed by atoms with van der Waals surface area (Å²) in [6, 6.07) is 14.8. The summed E-state index contributed by atoms with van der Waals surface area (Å²) in [4.78, 5) is 9.74. The van der Waals surface area contributed by atoms with Gasteiger partial charge in [-0.2, -0.15) is 0 Å². The second kappa shape index (κ2) is 12.6. The van der Waals surface area contributed by atoms with Crippen molar-refractivity contribution in [2.75, 3.05) is 7.11 Å². The topological polar surface area (TPSA) is 26.3 Å². The number of aldehydes is 1. The molecule has 0 N–H and O–H groups in total. The number of hydrogen-bond acceptors (Lipinski definition) is 2. The van der Waals surface area contributed by atoms with Gasteiger partial charge in [0.05, 0.1) is 7.11 Å². The van der Waals surface area contributed by atoms with Crippen LogP contribution >= 0.6 is 0 Å². The average Bonchev–Trinajstić information content (AvgIpc) is 2.77. The number of allylic oxidation sites excluding steroid dienone is 3. The van der Waals surface area contributed by atoms with Gasteiger partial charge in [-0.1, -0.05) is 82.0 Å². The van der Waals surface area contributed by atoms with Gasteiger partial charge in [0, 0.05) is 17.1 Å². The Balaban J connectivity index is 0.000000656. The molecule has 0 fully saturated rings. The number of benzene rings is 2. The van der Waals surface area contributed by atoms with E-state index in [-0.39, 0.29) is 5.92 Å². The van der Waals surface area contributed by atoms with Crippen LogP contribution in [0.2, 0.25) is 0 Å². The number of carbonyl (C=O) groups is 1. The summed E-state index contributed by atoms with van der Waals surface area (Å²) in [6.07, 6.45) is 4.78. The Hall–Kier alpha value is -2.87. The SMILES string of the molecule is C=C/C(=C(\OC)c1ccccc1CC)c1cc(C(=C)C)ccc1C.CCC(C)C=O. The number of rotatable bonds is 8. The van der Waals surface area contributed by atoms with Crippen molar-refractivity contribution in [2.24, 2.45) is 5.92 Å². The summed E-state index contributed by atoms with van der Waals surface area (Å²) < 4.78 is 5.83. The molecule has 160 valence electrons. The van der Waals surface area contributed by atoms with Gasteiger partial charge < -0.3 is 9.53 Å². The highest BCUT2D eigenvalue weighted by Gasteiger charge is 2.15. The van der Waals surface area contributed by atoms with E-state index < -0.39 is 0 Å². The fourth-order valence-electron chi connectivity index (χ4n) is 3.01. The van der Waals surface area contributed by atoms with Gasteiger partial charge in [-0.3, -0.25) is 0 Å². The van der Waals surface area contributed by atoms with Crippen molar-refractivity contribution < 1.29 is 9.53 Å². The maximum absolute atomic E-state index is 9.74. The molecule has 30 heavy (non-hydrogen) atoms. The molecule has 2 aromatic carbocycles. The van der Waals surface area contributed by atoms with Crippen LogP contribution in [0.1, 0.15) is 61.9 Å². The van der Waals surface area contributed by atoms with E-state index >= 15 is 0 Å². The van der Waals surface area contributed by atoms with Gasteiger partial charge in [-0.15, -0.1) is 0 Å². The summed E-state index contributed by atoms with van der Waals surface area (Å²) in [5.74, 6) is 1.12. The largest absolute Gasteiger partial charge is 0.495 e. The molecule has 0 heterocycles. The van der Waals surface area contributed by atoms with Crippen molar-refractivity contribution in [2.45, 2.75) is 47.5 Å². The summed E-state index contributed by atoms with van der Waals surface area (Å²) in [6.45, 7) is 18.3. The van der Waals surface area contributed by atoms with Gasteiger partial charge in [0.1, 0.15) is 12.0 Å². The van der Waals surface area contributed by atoms with E-state index in [0.29, 0.717) is 0 Å². The first-order chi connectivity index (χ1) is 14.3. The fourth-order valence-corrected chi connectivity index (χ4v) is 3.01. The van der Waals surface area contributed by atoms with E-state index in [0.717, 1.165) is 52.7 Å². The molecule has 0 amide bonds. The Labute approximate surface area is 183 Å². The third-order valence-corrected chi connectivity index (χ3v) is 5.19. The van der Waals surface area contributed by atoms with E-state index in [1.807, 2.05) is 32.9 Å². The maximum Gasteiger partial charge on any atom is 0.134 e. The van der Waals surface area contributed by atoms with Gasteiger partial charge in [0.2, 0.25) is 0 Å². The Morgan fingerprint density at radius 2 is 1.80 bits per heavy atom. The number of aryl methyl sites for hydroxylation is 2. The zero-order valence-corrected chi connectivity index (χ0v) is 19.4. The van der Waals surface area contributed by atoms with Crippen molar-refractivity contribution in [3.8, 4) is 0 Å². The van der Waals surface area contributed by atoms with Crippen molar-refractivity contribution >= 4 is 23.2 Å². The Kier molecular flexibility index (Phi) is 10.6. The highest BCUT2D eigenvalue weighted by molar-refractivity contribution is 5.94. The number of hydrogen-bond donors (Lipinski definition) is 0. The first-order valence-corrected chi connectivity index (χ1v) is 10.6. The third kappa shape index (κ3) is 6.59. The zero-order valence-electron chi connectivity index (χ0n) is 19.4. The minimum Gasteiger partial charge on any atom is -0.495 e. The second-order valence-electron chi connectivity index (χ2n) is 7.49. The Bertz CT molecular complexity index is 903. The van der Waals surface area contributed by atoms with Crippen LogP contribution in [0.5, 0.6) is 0 Å². The molecule has 1 atom stereocenters. The highest BCUT2D eigenvalue weighted by atomic mass is 16.5. The lowest BCUT2D eigenvalue weighted by Gasteiger charge is -2.17. The Morgan fingerprint density at radius 1 is 1.13 bits per heavy atom. The number of carbonyl (C=O) groups excluding carboxylic acids is 1. The lowest BCUT2D eigenvalue weighted by molar-refractivity contribution is -0.110. The molecule has 1 unspecified atom stereocenters. The fraction of sp³-hybridized carbons (Fsp3) is 0.321. The van der Waals surface area contributed by atoms with Gasteiger partial charge >= 0.3 is 0 Å². The minimum absolute atomic E-state index is 0.255. The number of methoxy groups -OCH3 is 1. The molecule has 0 saturated carbocycles. The van der Waals surface area contributed by atoms with Crippen LogP contribution in [0.4, 0.5) is 0 Å². The summed E-state index contributed by atoms with van der Waals surface area (Å²) >= 11 is 0. The quantitative estimate of drug-likeness (QED) is 0.197. The first kappa shape index (κ1) is 25.2. The lowest BCUT2D eigenvalue weighted by atomic mass is 9.92. The van der Waals surface area contributed by atoms with E-state index in [4.69, 9.17) is 4.74 Å². The molecular formula is C28H36O2. The molecule has 0 radical (unpaired) electrons. The van der Waals surface area contributed by atoms with Gasteiger partial charge in [0.25, 0.3) is 0 Å². The van der Waals surface area contributed by atoms with Crippen LogP contribution in [0.3, 0.4) is 0 Å². The minimum atomic E-state index is 0.255. The van der Waals surface area contributed by atoms with Crippen molar-refractivity contribution in [1.82, 2.24) is 0 Å². The standard InChI is InChI=1S/C23H26O.C5H10O/c1-7-18-11-9-10-12-21(18)23(24-6)20(8-2)22-15-19(16(3)4)14-13-17(22)5;1-3-5(2)4-6/h8-15H,2-3,7H2,1,4-6H3;4-5H,3H2,1-2H3/b23-20+;. The van der Waals surface area contributed by atoms with E-state index in [2.05, 4.69) is 63.4 Å². The molecule has 0 aliphatic heterocycles. The smallest absolute Gasteiger partial charge is 0.134 e. The summed E-state index contributed by atoms with van der Waals surface area (Å²) in [7, 11) is 1.73. The molecule has 2 aromatic rings. The van der Waals surface area contributed by atoms with Crippen molar-refractivity contribution in [3.63, 3.8) is 0 Å².